The smallest absolute Gasteiger partial charge is 0.126 e. The van der Waals surface area contributed by atoms with Crippen molar-refractivity contribution < 1.29 is 9.47 Å². The van der Waals surface area contributed by atoms with Crippen LogP contribution in [0.3, 0.4) is 0 Å². The zero-order valence-corrected chi connectivity index (χ0v) is 22.8. The molecule has 2 fully saturated rings. The second kappa shape index (κ2) is 13.9. The van der Waals surface area contributed by atoms with Gasteiger partial charge in [-0.2, -0.15) is 0 Å². The zero-order chi connectivity index (χ0) is 26.0. The van der Waals surface area contributed by atoms with Crippen molar-refractivity contribution in [2.75, 3.05) is 43.5 Å². The van der Waals surface area contributed by atoms with E-state index in [1.807, 2.05) is 24.4 Å². The molecular weight excluding hydrogens is 509 g/mol. The van der Waals surface area contributed by atoms with E-state index in [1.54, 1.807) is 6.20 Å². The molecule has 0 unspecified atom stereocenters. The second-order valence-electron chi connectivity index (χ2n) is 9.62. The summed E-state index contributed by atoms with van der Waals surface area (Å²) < 4.78 is 10.8. The highest BCUT2D eigenvalue weighted by Gasteiger charge is 2.25. The van der Waals surface area contributed by atoms with Gasteiger partial charge >= 0.3 is 0 Å². The maximum atomic E-state index is 6.57. The highest BCUT2D eigenvalue weighted by Crippen LogP contribution is 2.35. The van der Waals surface area contributed by atoms with Crippen LogP contribution < -0.4 is 10.6 Å². The fraction of sp³-hybridized carbons (Fsp3) is 0.500. The Labute approximate surface area is 230 Å². The monoisotopic (exact) mass is 545 g/mol. The van der Waals surface area contributed by atoms with Crippen LogP contribution in [-0.2, 0) is 9.47 Å². The maximum absolute atomic E-state index is 6.57. The van der Waals surface area contributed by atoms with Crippen molar-refractivity contribution in [1.82, 2.24) is 14.9 Å². The van der Waals surface area contributed by atoms with Crippen LogP contribution in [0.5, 0.6) is 0 Å². The fourth-order valence-corrected chi connectivity index (χ4v) is 5.45. The third-order valence-electron chi connectivity index (χ3n) is 7.21. The molecular formula is C28H37Cl2N5O2. The van der Waals surface area contributed by atoms with Crippen molar-refractivity contribution in [2.24, 2.45) is 5.92 Å². The number of hydrogen-bond donors (Lipinski definition) is 2. The van der Waals surface area contributed by atoms with Gasteiger partial charge in [0.1, 0.15) is 18.2 Å². The first kappa shape index (κ1) is 27.6. The Kier molecular flexibility index (Phi) is 10.3. The number of rotatable bonds is 12. The van der Waals surface area contributed by atoms with Crippen molar-refractivity contribution in [3.05, 3.63) is 60.1 Å². The molecule has 2 aromatic rings. The molecule has 0 atom stereocenters. The number of nitrogens with zero attached hydrogens (tertiary/aromatic N) is 3. The van der Waals surface area contributed by atoms with Crippen molar-refractivity contribution in [3.63, 3.8) is 0 Å². The van der Waals surface area contributed by atoms with Crippen molar-refractivity contribution in [1.29, 1.82) is 0 Å². The topological polar surface area (TPSA) is 71.5 Å². The molecule has 0 aromatic carbocycles. The predicted molar refractivity (Wildman–Crippen MR) is 152 cm³/mol. The van der Waals surface area contributed by atoms with E-state index in [1.165, 1.54) is 6.26 Å². The van der Waals surface area contributed by atoms with Crippen molar-refractivity contribution in [3.8, 4) is 11.3 Å². The van der Waals surface area contributed by atoms with E-state index in [4.69, 9.17) is 37.7 Å². The van der Waals surface area contributed by atoms with Crippen LogP contribution in [0.4, 0.5) is 11.6 Å². The minimum atomic E-state index is 0.338. The van der Waals surface area contributed by atoms with Crippen LogP contribution in [0.25, 0.3) is 11.3 Å². The van der Waals surface area contributed by atoms with E-state index < -0.39 is 0 Å². The molecule has 4 rings (SSSR count). The summed E-state index contributed by atoms with van der Waals surface area (Å²) in [6, 6.07) is 6.54. The first-order valence-electron chi connectivity index (χ1n) is 13.1. The lowest BCUT2D eigenvalue weighted by molar-refractivity contribution is 0.0699. The van der Waals surface area contributed by atoms with Gasteiger partial charge in [0.2, 0.25) is 0 Å². The SMILES string of the molecule is C=COCCN(C=C)C1CCC(Nc2cc(-c3nc(NCC4CCOCC4)ccc3Cl)c(Cl)cn2)CC1. The molecule has 2 aliphatic rings. The van der Waals surface area contributed by atoms with Gasteiger partial charge in [-0.05, 0) is 68.8 Å². The number of hydrogen-bond acceptors (Lipinski definition) is 7. The van der Waals surface area contributed by atoms with E-state index >= 15 is 0 Å². The molecule has 1 saturated heterocycles. The third-order valence-corrected chi connectivity index (χ3v) is 7.81. The van der Waals surface area contributed by atoms with Gasteiger partial charge in [-0.25, -0.2) is 9.97 Å². The Bertz CT molecular complexity index is 1040. The molecule has 0 bridgehead atoms. The summed E-state index contributed by atoms with van der Waals surface area (Å²) in [4.78, 5) is 11.6. The Morgan fingerprint density at radius 3 is 2.57 bits per heavy atom. The number of aromatic nitrogens is 2. The van der Waals surface area contributed by atoms with Crippen molar-refractivity contribution in [2.45, 2.75) is 50.6 Å². The van der Waals surface area contributed by atoms with Gasteiger partial charge in [0.05, 0.1) is 28.5 Å². The maximum Gasteiger partial charge on any atom is 0.126 e. The molecule has 1 aliphatic heterocycles. The van der Waals surface area contributed by atoms with E-state index in [9.17, 15) is 0 Å². The van der Waals surface area contributed by atoms with Gasteiger partial charge < -0.3 is 25.0 Å². The van der Waals surface area contributed by atoms with Crippen LogP contribution in [0.2, 0.25) is 10.0 Å². The average Bonchev–Trinajstić information content (AvgIpc) is 2.93. The second-order valence-corrected chi connectivity index (χ2v) is 10.4. The lowest BCUT2D eigenvalue weighted by Gasteiger charge is -2.36. The van der Waals surface area contributed by atoms with Gasteiger partial charge in [0, 0.05) is 43.6 Å². The Hall–Kier alpha value is -2.48. The standard InChI is InChI=1S/C28H37Cl2N5O2/c1-3-35(13-16-36-4-2)22-7-5-21(6-8-22)33-27-17-23(25(30)19-32-27)28-24(29)9-10-26(34-28)31-18-20-11-14-37-15-12-20/h3-4,9-10,17,19-22H,1-2,5-8,11-16,18H2,(H,31,34)(H,32,33). The molecule has 0 radical (unpaired) electrons. The molecule has 1 saturated carbocycles. The van der Waals surface area contributed by atoms with Crippen LogP contribution in [0.1, 0.15) is 38.5 Å². The molecule has 0 spiro atoms. The molecule has 3 heterocycles. The predicted octanol–water partition coefficient (Wildman–Crippen LogP) is 6.62. The molecule has 1 aliphatic carbocycles. The van der Waals surface area contributed by atoms with E-state index in [0.717, 1.165) is 82.0 Å². The Balaban J connectivity index is 1.38. The average molecular weight is 547 g/mol. The minimum absolute atomic E-state index is 0.338. The lowest BCUT2D eigenvalue weighted by atomic mass is 9.90. The number of ether oxygens (including phenoxy) is 2. The number of anilines is 2. The highest BCUT2D eigenvalue weighted by atomic mass is 35.5. The first-order valence-corrected chi connectivity index (χ1v) is 13.8. The van der Waals surface area contributed by atoms with Gasteiger partial charge in [-0.15, -0.1) is 0 Å². The van der Waals surface area contributed by atoms with Crippen LogP contribution in [0.15, 0.2) is 50.0 Å². The molecule has 200 valence electrons. The van der Waals surface area contributed by atoms with Crippen LogP contribution in [-0.4, -0.2) is 59.9 Å². The molecule has 2 aromatic heterocycles. The largest absolute Gasteiger partial charge is 0.500 e. The number of pyridine rings is 2. The highest BCUT2D eigenvalue weighted by molar-refractivity contribution is 6.36. The molecule has 7 nitrogen and oxygen atoms in total. The summed E-state index contributed by atoms with van der Waals surface area (Å²) in [6.07, 6.45) is 11.4. The van der Waals surface area contributed by atoms with E-state index in [2.05, 4.69) is 33.7 Å². The Morgan fingerprint density at radius 2 is 1.84 bits per heavy atom. The summed E-state index contributed by atoms with van der Waals surface area (Å²) >= 11 is 13.1. The van der Waals surface area contributed by atoms with Gasteiger partial charge in [-0.3, -0.25) is 0 Å². The van der Waals surface area contributed by atoms with E-state index in [0.29, 0.717) is 40.3 Å². The van der Waals surface area contributed by atoms with Crippen LogP contribution in [0, 0.1) is 5.92 Å². The summed E-state index contributed by atoms with van der Waals surface area (Å²) in [6.45, 7) is 11.5. The summed E-state index contributed by atoms with van der Waals surface area (Å²) in [5.41, 5.74) is 1.42. The molecule has 2 N–H and O–H groups in total. The van der Waals surface area contributed by atoms with E-state index in [-0.39, 0.29) is 0 Å². The molecule has 0 amide bonds. The Morgan fingerprint density at radius 1 is 1.05 bits per heavy atom. The zero-order valence-electron chi connectivity index (χ0n) is 21.3. The van der Waals surface area contributed by atoms with Crippen molar-refractivity contribution >= 4 is 34.8 Å². The number of halogens is 2. The normalized spacial score (nSPS) is 20.2. The molecule has 37 heavy (non-hydrogen) atoms. The quantitative estimate of drug-likeness (QED) is 0.229. The summed E-state index contributed by atoms with van der Waals surface area (Å²) in [5, 5.41) is 8.14. The van der Waals surface area contributed by atoms with Gasteiger partial charge in [0.25, 0.3) is 0 Å². The van der Waals surface area contributed by atoms with Gasteiger partial charge in [0.15, 0.2) is 0 Å². The third kappa shape index (κ3) is 7.76. The minimum Gasteiger partial charge on any atom is -0.500 e. The number of nitrogens with one attached hydrogen (secondary N) is 2. The summed E-state index contributed by atoms with van der Waals surface area (Å²) in [7, 11) is 0. The first-order chi connectivity index (χ1) is 18.1. The van der Waals surface area contributed by atoms with Gasteiger partial charge in [-0.1, -0.05) is 36.4 Å². The lowest BCUT2D eigenvalue weighted by Crippen LogP contribution is -2.39. The molecule has 9 heteroatoms. The van der Waals surface area contributed by atoms with Crippen LogP contribution >= 0.6 is 23.2 Å². The fourth-order valence-electron chi connectivity index (χ4n) is 5.05. The summed E-state index contributed by atoms with van der Waals surface area (Å²) in [5.74, 6) is 2.15.